The molecule has 0 bridgehead atoms. The number of hydrogen-bond donors (Lipinski definition) is 3. The number of nitrogens with zero attached hydrogens (tertiary/aromatic N) is 1. The zero-order valence-electron chi connectivity index (χ0n) is 18.4. The van der Waals surface area contributed by atoms with Gasteiger partial charge in [0.2, 0.25) is 0 Å². The number of ether oxygens (including phenoxy) is 1. The molecule has 0 aliphatic heterocycles. The van der Waals surface area contributed by atoms with E-state index in [9.17, 15) is 19.1 Å². The van der Waals surface area contributed by atoms with Gasteiger partial charge in [0.25, 0.3) is 11.8 Å². The maximum Gasteiger partial charge on any atom is 0.262 e. The van der Waals surface area contributed by atoms with Crippen molar-refractivity contribution in [1.29, 1.82) is 0 Å². The van der Waals surface area contributed by atoms with Crippen molar-refractivity contribution in [1.82, 2.24) is 10.7 Å². The van der Waals surface area contributed by atoms with E-state index < -0.39 is 23.7 Å². The average Bonchev–Trinajstić information content (AvgIpc) is 2.75. The average molecular weight is 442 g/mol. The molecule has 7 nitrogen and oxygen atoms in total. The number of phenols is 1. The Kier molecular flexibility index (Phi) is 8.95. The monoisotopic (exact) mass is 441 g/mol. The van der Waals surface area contributed by atoms with Gasteiger partial charge >= 0.3 is 0 Å². The van der Waals surface area contributed by atoms with Crippen molar-refractivity contribution < 1.29 is 23.8 Å². The van der Waals surface area contributed by atoms with Crippen LogP contribution in [0.3, 0.4) is 0 Å². The molecule has 0 fully saturated rings. The van der Waals surface area contributed by atoms with Gasteiger partial charge < -0.3 is 15.2 Å². The molecule has 0 aliphatic rings. The molecule has 0 aromatic heterocycles. The third-order valence-electron chi connectivity index (χ3n) is 4.57. The second kappa shape index (κ2) is 11.6. The smallest absolute Gasteiger partial charge is 0.262 e. The third kappa shape index (κ3) is 6.66. The van der Waals surface area contributed by atoms with Gasteiger partial charge in [0.15, 0.2) is 11.5 Å². The van der Waals surface area contributed by atoms with Crippen LogP contribution >= 0.6 is 0 Å². The number of nitrogens with one attached hydrogen (secondary N) is 2. The molecule has 8 heteroatoms. The van der Waals surface area contributed by atoms with Gasteiger partial charge in [0.1, 0.15) is 11.9 Å². The standard InChI is InChI=1S/C24H28FN3O4/c1-5-7-18-12-16(13-20(22(18)29)32-6-2)14-26-28-24(31)21(15(3)4)27-23(30)17-8-10-19(25)11-9-17/h5,8-15,21,29H,1,6-7H2,2-4H3,(H,27,30)(H,28,31). The van der Waals surface area contributed by atoms with E-state index in [1.807, 2.05) is 0 Å². The number of hydrazone groups is 1. The van der Waals surface area contributed by atoms with Crippen LogP contribution in [0.15, 0.2) is 54.2 Å². The highest BCUT2D eigenvalue weighted by atomic mass is 19.1. The van der Waals surface area contributed by atoms with Crippen LogP contribution in [0.1, 0.15) is 42.3 Å². The third-order valence-corrected chi connectivity index (χ3v) is 4.57. The normalized spacial score (nSPS) is 11.9. The summed E-state index contributed by atoms with van der Waals surface area (Å²) in [5.74, 6) is -1.31. The molecule has 0 heterocycles. The molecule has 0 spiro atoms. The van der Waals surface area contributed by atoms with E-state index in [-0.39, 0.29) is 17.2 Å². The quantitative estimate of drug-likeness (QED) is 0.298. The van der Waals surface area contributed by atoms with Crippen molar-refractivity contribution in [3.8, 4) is 11.5 Å². The highest BCUT2D eigenvalue weighted by Gasteiger charge is 2.24. The summed E-state index contributed by atoms with van der Waals surface area (Å²) in [5, 5.41) is 16.9. The molecule has 2 amide bonds. The lowest BCUT2D eigenvalue weighted by Gasteiger charge is -2.20. The molecule has 170 valence electrons. The summed E-state index contributed by atoms with van der Waals surface area (Å²) in [7, 11) is 0. The van der Waals surface area contributed by atoms with Crippen molar-refractivity contribution >= 4 is 18.0 Å². The topological polar surface area (TPSA) is 100 Å². The van der Waals surface area contributed by atoms with E-state index >= 15 is 0 Å². The zero-order chi connectivity index (χ0) is 23.7. The first kappa shape index (κ1) is 24.6. The van der Waals surface area contributed by atoms with E-state index in [0.717, 1.165) is 0 Å². The summed E-state index contributed by atoms with van der Waals surface area (Å²) in [4.78, 5) is 25.0. The van der Waals surface area contributed by atoms with Crippen LogP contribution in [0.2, 0.25) is 0 Å². The highest BCUT2D eigenvalue weighted by Crippen LogP contribution is 2.31. The largest absolute Gasteiger partial charge is 0.504 e. The van der Waals surface area contributed by atoms with Crippen molar-refractivity contribution in [2.45, 2.75) is 33.2 Å². The van der Waals surface area contributed by atoms with Gasteiger partial charge in [-0.1, -0.05) is 19.9 Å². The first-order valence-corrected chi connectivity index (χ1v) is 10.3. The Balaban J connectivity index is 2.11. The van der Waals surface area contributed by atoms with Gasteiger partial charge in [0.05, 0.1) is 12.8 Å². The summed E-state index contributed by atoms with van der Waals surface area (Å²) in [5.41, 5.74) is 3.90. The Morgan fingerprint density at radius 3 is 2.53 bits per heavy atom. The van der Waals surface area contributed by atoms with Crippen LogP contribution in [0.25, 0.3) is 0 Å². The zero-order valence-corrected chi connectivity index (χ0v) is 18.4. The molecule has 3 N–H and O–H groups in total. The van der Waals surface area contributed by atoms with Crippen LogP contribution in [-0.4, -0.2) is 35.8 Å². The van der Waals surface area contributed by atoms with E-state index in [0.29, 0.717) is 29.9 Å². The van der Waals surface area contributed by atoms with Gasteiger partial charge in [-0.3, -0.25) is 9.59 Å². The molecule has 0 saturated carbocycles. The lowest BCUT2D eigenvalue weighted by atomic mass is 10.0. The van der Waals surface area contributed by atoms with E-state index in [2.05, 4.69) is 22.4 Å². The Hall–Kier alpha value is -3.68. The molecule has 1 unspecified atom stereocenters. The minimum absolute atomic E-state index is 0.0383. The lowest BCUT2D eigenvalue weighted by molar-refractivity contribution is -0.123. The summed E-state index contributed by atoms with van der Waals surface area (Å²) >= 11 is 0. The molecule has 2 aromatic carbocycles. The van der Waals surface area contributed by atoms with Crippen LogP contribution in [0.4, 0.5) is 4.39 Å². The number of rotatable bonds is 10. The van der Waals surface area contributed by atoms with Crippen molar-refractivity contribution in [3.05, 3.63) is 71.6 Å². The molecule has 0 saturated heterocycles. The molecule has 2 aromatic rings. The summed E-state index contributed by atoms with van der Waals surface area (Å²) in [6, 6.07) is 7.53. The number of amides is 2. The maximum absolute atomic E-state index is 13.1. The second-order valence-electron chi connectivity index (χ2n) is 7.39. The first-order valence-electron chi connectivity index (χ1n) is 10.3. The van der Waals surface area contributed by atoms with Gasteiger partial charge in [-0.15, -0.1) is 6.58 Å². The minimum Gasteiger partial charge on any atom is -0.504 e. The Morgan fingerprint density at radius 1 is 1.25 bits per heavy atom. The predicted molar refractivity (Wildman–Crippen MR) is 121 cm³/mol. The van der Waals surface area contributed by atoms with Crippen LogP contribution in [0, 0.1) is 11.7 Å². The van der Waals surface area contributed by atoms with Crippen LogP contribution in [0.5, 0.6) is 11.5 Å². The van der Waals surface area contributed by atoms with Crippen molar-refractivity contribution in [2.75, 3.05) is 6.61 Å². The Morgan fingerprint density at radius 2 is 1.94 bits per heavy atom. The number of benzene rings is 2. The van der Waals surface area contributed by atoms with Gasteiger partial charge in [-0.25, -0.2) is 9.82 Å². The highest BCUT2D eigenvalue weighted by molar-refractivity contribution is 5.97. The van der Waals surface area contributed by atoms with Gasteiger partial charge in [-0.2, -0.15) is 5.10 Å². The van der Waals surface area contributed by atoms with Crippen molar-refractivity contribution in [3.63, 3.8) is 0 Å². The maximum atomic E-state index is 13.1. The number of hydrogen-bond acceptors (Lipinski definition) is 5. The van der Waals surface area contributed by atoms with Crippen molar-refractivity contribution in [2.24, 2.45) is 11.0 Å². The number of carbonyl (C=O) groups excluding carboxylic acids is 2. The summed E-state index contributed by atoms with van der Waals surface area (Å²) in [6.45, 7) is 9.43. The summed E-state index contributed by atoms with van der Waals surface area (Å²) < 4.78 is 18.5. The lowest BCUT2D eigenvalue weighted by Crippen LogP contribution is -2.48. The molecule has 32 heavy (non-hydrogen) atoms. The Labute approximate surface area is 187 Å². The van der Waals surface area contributed by atoms with E-state index in [1.54, 1.807) is 39.0 Å². The Bertz CT molecular complexity index is 987. The summed E-state index contributed by atoms with van der Waals surface area (Å²) in [6.07, 6.45) is 3.51. The van der Waals surface area contributed by atoms with E-state index in [1.165, 1.54) is 30.5 Å². The van der Waals surface area contributed by atoms with Gasteiger partial charge in [-0.05, 0) is 61.2 Å². The molecule has 0 radical (unpaired) electrons. The van der Waals surface area contributed by atoms with Gasteiger partial charge in [0, 0.05) is 11.1 Å². The molecular weight excluding hydrogens is 413 g/mol. The number of aromatic hydroxyl groups is 1. The fraction of sp³-hybridized carbons (Fsp3) is 0.292. The second-order valence-corrected chi connectivity index (χ2v) is 7.39. The first-order chi connectivity index (χ1) is 15.3. The molecule has 0 aliphatic carbocycles. The molecule has 2 rings (SSSR count). The number of carbonyl (C=O) groups is 2. The number of halogens is 1. The van der Waals surface area contributed by atoms with Crippen LogP contribution in [-0.2, 0) is 11.2 Å². The number of allylic oxidation sites excluding steroid dienone is 1. The fourth-order valence-corrected chi connectivity index (χ4v) is 2.94. The van der Waals surface area contributed by atoms with E-state index in [4.69, 9.17) is 4.74 Å². The predicted octanol–water partition coefficient (Wildman–Crippen LogP) is 3.56. The molecular formula is C24H28FN3O4. The molecule has 1 atom stereocenters. The fourth-order valence-electron chi connectivity index (χ4n) is 2.94. The SMILES string of the molecule is C=CCc1cc(C=NNC(=O)C(NC(=O)c2ccc(F)cc2)C(C)C)cc(OCC)c1O. The number of phenolic OH excluding ortho intramolecular Hbond substituents is 1. The minimum atomic E-state index is -0.847. The van der Waals surface area contributed by atoms with Crippen LogP contribution < -0.4 is 15.5 Å².